The van der Waals surface area contributed by atoms with Gasteiger partial charge in [-0.25, -0.2) is 14.2 Å². The first-order valence-corrected chi connectivity index (χ1v) is 9.82. The number of anilines is 1. The van der Waals surface area contributed by atoms with Crippen molar-refractivity contribution in [2.75, 3.05) is 19.5 Å². The minimum absolute atomic E-state index is 0.0310. The maximum atomic E-state index is 13.2. The molecule has 0 aromatic carbocycles. The number of rotatable bonds is 5. The largest absolute Gasteiger partial charge is 0.465 e. The molecule has 1 aliphatic heterocycles. The molecule has 3 atom stereocenters. The molecule has 1 saturated heterocycles. The summed E-state index contributed by atoms with van der Waals surface area (Å²) in [6.45, 7) is -0.362. The maximum Gasteiger partial charge on any atom is 0.348 e. The average molecular weight is 437 g/mol. The number of H-pyrrole nitrogens is 1. The van der Waals surface area contributed by atoms with Crippen LogP contribution in [0, 0.1) is 0 Å². The van der Waals surface area contributed by atoms with Gasteiger partial charge in [0.1, 0.15) is 11.0 Å². The number of nitrogens with two attached hydrogens (primary N) is 1. The number of aromatic nitrogens is 4. The number of fused-ring (bicyclic) bond motifs is 1. The quantitative estimate of drug-likeness (QED) is 0.365. The summed E-state index contributed by atoms with van der Waals surface area (Å²) in [5, 5.41) is 21.4. The van der Waals surface area contributed by atoms with E-state index in [-0.39, 0.29) is 36.7 Å². The number of hydrogen-bond acceptors (Lipinski definition) is 10. The third-order valence-corrected chi connectivity index (χ3v) is 5.79. The van der Waals surface area contributed by atoms with Gasteiger partial charge >= 0.3 is 11.7 Å². The predicted molar refractivity (Wildman–Crippen MR) is 105 cm³/mol. The Bertz CT molecular complexity index is 1230. The molecule has 0 spiro atoms. The molecule has 4 heterocycles. The van der Waals surface area contributed by atoms with Crippen molar-refractivity contribution in [1.29, 1.82) is 0 Å². The summed E-state index contributed by atoms with van der Waals surface area (Å²) in [6, 6.07) is 1.56. The highest BCUT2D eigenvalue weighted by Crippen LogP contribution is 2.30. The van der Waals surface area contributed by atoms with Gasteiger partial charge in [-0.2, -0.15) is 4.98 Å². The van der Waals surface area contributed by atoms with Gasteiger partial charge in [-0.3, -0.25) is 14.3 Å². The molecule has 3 aromatic rings. The minimum atomic E-state index is -1.14. The summed E-state index contributed by atoms with van der Waals surface area (Å²) >= 11 is 1.14. The summed E-state index contributed by atoms with van der Waals surface area (Å²) in [7, 11) is 1.27. The number of nitrogens with one attached hydrogen (secondary N) is 1. The summed E-state index contributed by atoms with van der Waals surface area (Å²) in [6.07, 6.45) is -2.77. The molecule has 0 aliphatic carbocycles. The molecule has 4 rings (SSSR count). The first-order chi connectivity index (χ1) is 14.3. The van der Waals surface area contributed by atoms with Crippen LogP contribution < -0.4 is 17.0 Å². The fourth-order valence-electron chi connectivity index (χ4n) is 3.50. The molecule has 1 fully saturated rings. The lowest BCUT2D eigenvalue weighted by atomic mass is 10.2. The SMILES string of the molecule is COC(=O)c1cc(Cn2c(=O)n([C@@H]3O[C@H](CO)C[C@H]3O)c3nc(N)[nH]c(=O)c32)cs1. The lowest BCUT2D eigenvalue weighted by Crippen LogP contribution is -2.32. The van der Waals surface area contributed by atoms with Crippen LogP contribution in [0.2, 0.25) is 0 Å². The molecule has 0 radical (unpaired) electrons. The Hall–Kier alpha value is -3.00. The summed E-state index contributed by atoms with van der Waals surface area (Å²) < 4.78 is 12.5. The number of hydrogen-bond donors (Lipinski definition) is 4. The van der Waals surface area contributed by atoms with Crippen LogP contribution in [0.3, 0.4) is 0 Å². The molecule has 3 aromatic heterocycles. The van der Waals surface area contributed by atoms with Crippen LogP contribution in [0.25, 0.3) is 11.2 Å². The predicted octanol–water partition coefficient (Wildman–Crippen LogP) is -0.994. The van der Waals surface area contributed by atoms with Crippen molar-refractivity contribution in [1.82, 2.24) is 19.1 Å². The van der Waals surface area contributed by atoms with Gasteiger partial charge in [0.05, 0.1) is 26.4 Å². The number of esters is 1. The second kappa shape index (κ2) is 7.68. The van der Waals surface area contributed by atoms with E-state index in [0.29, 0.717) is 10.4 Å². The summed E-state index contributed by atoms with van der Waals surface area (Å²) in [4.78, 5) is 44.3. The number of ether oxygens (including phenoxy) is 2. The number of nitrogens with zero attached hydrogens (tertiary/aromatic N) is 3. The topological polar surface area (TPSA) is 175 Å². The Morgan fingerprint density at radius 1 is 1.50 bits per heavy atom. The van der Waals surface area contributed by atoms with Crippen LogP contribution in [-0.4, -0.2) is 61.2 Å². The molecule has 30 heavy (non-hydrogen) atoms. The lowest BCUT2D eigenvalue weighted by molar-refractivity contribution is -0.0505. The number of methoxy groups -OCH3 is 1. The Labute approximate surface area is 172 Å². The molecule has 12 nitrogen and oxygen atoms in total. The van der Waals surface area contributed by atoms with Gasteiger partial charge in [-0.05, 0) is 17.0 Å². The smallest absolute Gasteiger partial charge is 0.348 e. The summed E-state index contributed by atoms with van der Waals surface area (Å²) in [5.74, 6) is -0.709. The van der Waals surface area contributed by atoms with Crippen LogP contribution in [0.4, 0.5) is 5.95 Å². The van der Waals surface area contributed by atoms with Gasteiger partial charge in [0.25, 0.3) is 5.56 Å². The Morgan fingerprint density at radius 3 is 2.93 bits per heavy atom. The number of imidazole rings is 1. The van der Waals surface area contributed by atoms with E-state index in [4.69, 9.17) is 10.5 Å². The van der Waals surface area contributed by atoms with Crippen LogP contribution in [0.5, 0.6) is 0 Å². The van der Waals surface area contributed by atoms with Crippen LogP contribution in [0.1, 0.15) is 27.9 Å². The molecule has 5 N–H and O–H groups in total. The van der Waals surface area contributed by atoms with Crippen molar-refractivity contribution in [2.45, 2.75) is 31.4 Å². The third kappa shape index (κ3) is 3.31. The van der Waals surface area contributed by atoms with E-state index in [0.717, 1.165) is 15.9 Å². The monoisotopic (exact) mass is 437 g/mol. The van der Waals surface area contributed by atoms with E-state index in [1.54, 1.807) is 11.4 Å². The number of carbonyl (C=O) groups excluding carboxylic acids is 1. The number of aromatic amines is 1. The van der Waals surface area contributed by atoms with E-state index in [9.17, 15) is 24.6 Å². The molecule has 1 aliphatic rings. The highest BCUT2D eigenvalue weighted by molar-refractivity contribution is 7.12. The first-order valence-electron chi connectivity index (χ1n) is 8.94. The molecular weight excluding hydrogens is 418 g/mol. The molecule has 13 heteroatoms. The van der Waals surface area contributed by atoms with Crippen molar-refractivity contribution in [3.05, 3.63) is 42.7 Å². The van der Waals surface area contributed by atoms with Gasteiger partial charge in [-0.15, -0.1) is 11.3 Å². The van der Waals surface area contributed by atoms with E-state index in [1.165, 1.54) is 11.7 Å². The fourth-order valence-corrected chi connectivity index (χ4v) is 4.32. The molecular formula is C17H19N5O7S. The number of carbonyl (C=O) groups is 1. The highest BCUT2D eigenvalue weighted by Gasteiger charge is 2.38. The van der Waals surface area contributed by atoms with Gasteiger partial charge in [0, 0.05) is 6.42 Å². The molecule has 0 amide bonds. The second-order valence-corrected chi connectivity index (χ2v) is 7.72. The minimum Gasteiger partial charge on any atom is -0.465 e. The second-order valence-electron chi connectivity index (χ2n) is 6.81. The highest BCUT2D eigenvalue weighted by atomic mass is 32.1. The van der Waals surface area contributed by atoms with E-state index < -0.39 is 35.7 Å². The van der Waals surface area contributed by atoms with Crippen molar-refractivity contribution in [2.24, 2.45) is 0 Å². The van der Waals surface area contributed by atoms with Gasteiger partial charge in [0.2, 0.25) is 5.95 Å². The van der Waals surface area contributed by atoms with Crippen molar-refractivity contribution in [3.63, 3.8) is 0 Å². The lowest BCUT2D eigenvalue weighted by Gasteiger charge is -2.15. The zero-order chi connectivity index (χ0) is 21.6. The molecule has 0 bridgehead atoms. The number of aliphatic hydroxyl groups excluding tert-OH is 2. The average Bonchev–Trinajstić information content (AvgIpc) is 3.39. The molecule has 0 unspecified atom stereocenters. The van der Waals surface area contributed by atoms with E-state index >= 15 is 0 Å². The van der Waals surface area contributed by atoms with Crippen molar-refractivity contribution >= 4 is 34.4 Å². The molecule has 160 valence electrons. The molecule has 0 saturated carbocycles. The zero-order valence-corrected chi connectivity index (χ0v) is 16.6. The number of aliphatic hydroxyl groups is 2. The Kier molecular flexibility index (Phi) is 5.19. The Morgan fingerprint density at radius 2 is 2.27 bits per heavy atom. The van der Waals surface area contributed by atoms with Gasteiger partial charge in [0.15, 0.2) is 17.4 Å². The number of nitrogen functional groups attached to an aromatic ring is 1. The zero-order valence-electron chi connectivity index (χ0n) is 15.8. The van der Waals surface area contributed by atoms with Crippen LogP contribution in [0.15, 0.2) is 21.0 Å². The standard InChI is InChI=1S/C17H19N5O7S/c1-28-15(26)10-2-7(6-30-10)4-21-11-12(19-16(18)20-13(11)25)22(17(21)27)14-9(24)3-8(5-23)29-14/h2,6,8-9,14,23-24H,3-5H2,1H3,(H3,18,19,20,25)/t8-,9+,14+/m0/s1. The van der Waals surface area contributed by atoms with Gasteiger partial charge < -0.3 is 25.4 Å². The van der Waals surface area contributed by atoms with Crippen LogP contribution in [-0.2, 0) is 16.0 Å². The fraction of sp³-hybridized carbons (Fsp3) is 0.412. The van der Waals surface area contributed by atoms with E-state index in [1.807, 2.05) is 0 Å². The van der Waals surface area contributed by atoms with Crippen LogP contribution >= 0.6 is 11.3 Å². The third-order valence-electron chi connectivity index (χ3n) is 4.83. The van der Waals surface area contributed by atoms with Crippen molar-refractivity contribution < 1.29 is 24.5 Å². The Balaban J connectivity index is 1.85. The summed E-state index contributed by atoms with van der Waals surface area (Å²) in [5.41, 5.74) is 4.87. The number of thiophene rings is 1. The van der Waals surface area contributed by atoms with E-state index in [2.05, 4.69) is 14.7 Å². The maximum absolute atomic E-state index is 13.2. The first kappa shape index (κ1) is 20.3. The van der Waals surface area contributed by atoms with Gasteiger partial charge in [-0.1, -0.05) is 0 Å². The normalized spacial score (nSPS) is 21.4. The van der Waals surface area contributed by atoms with Crippen molar-refractivity contribution in [3.8, 4) is 0 Å².